The Kier molecular flexibility index (Phi) is 4.64. The van der Waals surface area contributed by atoms with Gasteiger partial charge in [0.1, 0.15) is 5.75 Å². The lowest BCUT2D eigenvalue weighted by Crippen LogP contribution is -2.61. The average Bonchev–Trinajstić information content (AvgIpc) is 3.01. The number of amidine groups is 1. The zero-order valence-electron chi connectivity index (χ0n) is 14.4. The number of anilines is 1. The molecule has 2 aliphatic rings. The first kappa shape index (κ1) is 17.9. The molecule has 3 rings (SSSR count). The first-order chi connectivity index (χ1) is 12.3. The molecule has 0 saturated carbocycles. The van der Waals surface area contributed by atoms with Gasteiger partial charge >= 0.3 is 6.03 Å². The van der Waals surface area contributed by atoms with E-state index in [2.05, 4.69) is 10.3 Å². The maximum absolute atomic E-state index is 12.4. The number of halogens is 1. The minimum absolute atomic E-state index is 0.108. The summed E-state index contributed by atoms with van der Waals surface area (Å²) in [4.78, 5) is 43.1. The van der Waals surface area contributed by atoms with Crippen LogP contribution in [0.25, 0.3) is 0 Å². The number of hydrogen-bond acceptors (Lipinski definition) is 5. The molecule has 2 aliphatic heterocycles. The van der Waals surface area contributed by atoms with Gasteiger partial charge in [0.05, 0.1) is 12.1 Å². The third-order valence-electron chi connectivity index (χ3n) is 4.16. The van der Waals surface area contributed by atoms with Crippen molar-refractivity contribution in [2.24, 2.45) is 4.99 Å². The van der Waals surface area contributed by atoms with Gasteiger partial charge in [0.25, 0.3) is 30.0 Å². The molecule has 1 aromatic rings. The minimum atomic E-state index is -0.798. The van der Waals surface area contributed by atoms with Crippen molar-refractivity contribution in [1.29, 1.82) is 0 Å². The van der Waals surface area contributed by atoms with Gasteiger partial charge in [-0.1, -0.05) is 11.6 Å². The molecule has 1 fully saturated rings. The Morgan fingerprint density at radius 2 is 2.08 bits per heavy atom. The molecule has 0 spiro atoms. The van der Waals surface area contributed by atoms with E-state index in [0.717, 1.165) is 4.90 Å². The van der Waals surface area contributed by atoms with E-state index in [-0.39, 0.29) is 12.5 Å². The van der Waals surface area contributed by atoms with Gasteiger partial charge in [-0.25, -0.2) is 9.37 Å². The van der Waals surface area contributed by atoms with Crippen molar-refractivity contribution in [3.8, 4) is 5.75 Å². The third-order valence-corrected chi connectivity index (χ3v) is 4.45. The van der Waals surface area contributed by atoms with E-state index in [0.29, 0.717) is 22.3 Å². The normalized spacial score (nSPS) is 19.2. The van der Waals surface area contributed by atoms with Crippen molar-refractivity contribution in [2.75, 3.05) is 33.1 Å². The molecule has 10 heteroatoms. The van der Waals surface area contributed by atoms with Gasteiger partial charge in [0.2, 0.25) is 0 Å². The average molecular weight is 379 g/mol. The monoisotopic (exact) mass is 378 g/mol. The van der Waals surface area contributed by atoms with Crippen LogP contribution < -0.4 is 10.1 Å². The summed E-state index contributed by atoms with van der Waals surface area (Å²) in [7, 11) is 4.43. The molecule has 1 saturated heterocycles. The summed E-state index contributed by atoms with van der Waals surface area (Å²) in [6.45, 7) is -0.108. The highest BCUT2D eigenvalue weighted by molar-refractivity contribution is 6.32. The van der Waals surface area contributed by atoms with Crippen molar-refractivity contribution < 1.29 is 23.7 Å². The summed E-state index contributed by atoms with van der Waals surface area (Å²) in [5.41, 5.74) is 0.500. The Morgan fingerprint density at radius 3 is 2.73 bits per heavy atom. The van der Waals surface area contributed by atoms with E-state index >= 15 is 0 Å². The number of urea groups is 1. The van der Waals surface area contributed by atoms with Gasteiger partial charge < -0.3 is 10.1 Å². The molecule has 2 heterocycles. The summed E-state index contributed by atoms with van der Waals surface area (Å²) < 4.78 is 6.55. The number of benzene rings is 1. The van der Waals surface area contributed by atoms with Gasteiger partial charge in [-0.15, -0.1) is 0 Å². The highest BCUT2D eigenvalue weighted by Crippen LogP contribution is 2.27. The second kappa shape index (κ2) is 6.75. The number of imide groups is 1. The smallest absolute Gasteiger partial charge is 0.333 e. The van der Waals surface area contributed by atoms with E-state index in [1.54, 1.807) is 18.2 Å². The number of rotatable bonds is 4. The summed E-state index contributed by atoms with van der Waals surface area (Å²) in [6.07, 6.45) is 1.39. The molecule has 0 aromatic heterocycles. The molecule has 1 N–H and O–H groups in total. The molecule has 0 aliphatic carbocycles. The van der Waals surface area contributed by atoms with Crippen LogP contribution >= 0.6 is 11.6 Å². The van der Waals surface area contributed by atoms with E-state index in [4.69, 9.17) is 16.3 Å². The Labute approximate surface area is 154 Å². The molecular weight excluding hydrogens is 362 g/mol. The summed E-state index contributed by atoms with van der Waals surface area (Å²) >= 11 is 6.04. The number of ether oxygens (including phenoxy) is 1. The van der Waals surface area contributed by atoms with Crippen molar-refractivity contribution in [3.05, 3.63) is 23.2 Å². The Bertz CT molecular complexity index is 866. The van der Waals surface area contributed by atoms with Gasteiger partial charge in [-0.2, -0.15) is 0 Å². The molecule has 0 radical (unpaired) electrons. The standard InChI is InChI=1S/C16H16ClN5O4/c1-20-14-13(15(24)21(2)16(20)25)22(8-18-14)7-12(23)19-9-4-5-11(26-3)10(17)6-9/h4-6,8,13H,7H2,1-3H3/p+1. The van der Waals surface area contributed by atoms with Crippen LogP contribution in [0.5, 0.6) is 5.75 Å². The van der Waals surface area contributed by atoms with E-state index < -0.39 is 18.0 Å². The summed E-state index contributed by atoms with van der Waals surface area (Å²) in [5.74, 6) is 0.0207. The van der Waals surface area contributed by atoms with Crippen LogP contribution in [-0.2, 0) is 9.59 Å². The van der Waals surface area contributed by atoms with Crippen LogP contribution in [0.1, 0.15) is 0 Å². The number of amides is 4. The van der Waals surface area contributed by atoms with Crippen molar-refractivity contribution in [3.63, 3.8) is 0 Å². The number of fused-ring (bicyclic) bond motifs is 1. The molecule has 4 amide bonds. The predicted molar refractivity (Wildman–Crippen MR) is 95.0 cm³/mol. The number of carbonyl (C=O) groups is 3. The second-order valence-corrected chi connectivity index (χ2v) is 6.22. The molecule has 0 bridgehead atoms. The third kappa shape index (κ3) is 3.01. The lowest BCUT2D eigenvalue weighted by Gasteiger charge is -2.30. The van der Waals surface area contributed by atoms with Crippen molar-refractivity contribution in [1.82, 2.24) is 9.80 Å². The molecule has 1 aromatic carbocycles. The van der Waals surface area contributed by atoms with Crippen LogP contribution in [0.2, 0.25) is 5.02 Å². The molecule has 136 valence electrons. The Hall–Kier alpha value is -2.94. The summed E-state index contributed by atoms with van der Waals surface area (Å²) in [5, 5.41) is 3.07. The second-order valence-electron chi connectivity index (χ2n) is 5.81. The van der Waals surface area contributed by atoms with Gasteiger partial charge in [-0.05, 0) is 23.2 Å². The molecule has 1 unspecified atom stereocenters. The van der Waals surface area contributed by atoms with E-state index in [1.807, 2.05) is 0 Å². The number of aliphatic imine (C=N–C) groups is 1. The number of carbonyl (C=O) groups excluding carboxylic acids is 3. The zero-order chi connectivity index (χ0) is 19.0. The largest absolute Gasteiger partial charge is 0.495 e. The van der Waals surface area contributed by atoms with Gasteiger partial charge in [-0.3, -0.25) is 19.4 Å². The maximum atomic E-state index is 12.4. The number of methoxy groups -OCH3 is 1. The van der Waals surface area contributed by atoms with Crippen molar-refractivity contribution >= 4 is 47.3 Å². The van der Waals surface area contributed by atoms with Crippen LogP contribution in [0.3, 0.4) is 0 Å². The fourth-order valence-electron chi connectivity index (χ4n) is 2.78. The first-order valence-corrected chi connectivity index (χ1v) is 8.06. The molecule has 1 atom stereocenters. The van der Waals surface area contributed by atoms with Gasteiger partial charge in [0.15, 0.2) is 6.54 Å². The van der Waals surface area contributed by atoms with Crippen LogP contribution in [0.4, 0.5) is 10.5 Å². The minimum Gasteiger partial charge on any atom is -0.495 e. The number of hydrogen-bond donors (Lipinski definition) is 1. The maximum Gasteiger partial charge on any atom is 0.333 e. The molecular formula is C16H17ClN5O4+. The zero-order valence-corrected chi connectivity index (χ0v) is 15.1. The van der Waals surface area contributed by atoms with E-state index in [1.165, 1.54) is 37.0 Å². The fraction of sp³-hybridized carbons (Fsp3) is 0.312. The molecule has 9 nitrogen and oxygen atoms in total. The number of likely N-dealkylation sites (N-methyl/N-ethyl adjacent to an activating group) is 2. The lowest BCUT2D eigenvalue weighted by atomic mass is 10.1. The quantitative estimate of drug-likeness (QED) is 0.777. The van der Waals surface area contributed by atoms with Gasteiger partial charge in [0, 0.05) is 19.8 Å². The Balaban J connectivity index is 1.70. The van der Waals surface area contributed by atoms with Crippen LogP contribution in [-0.4, -0.2) is 78.2 Å². The molecule has 26 heavy (non-hydrogen) atoms. The topological polar surface area (TPSA) is 94.3 Å². The summed E-state index contributed by atoms with van der Waals surface area (Å²) in [6, 6.07) is 3.61. The first-order valence-electron chi connectivity index (χ1n) is 7.69. The van der Waals surface area contributed by atoms with E-state index in [9.17, 15) is 14.4 Å². The van der Waals surface area contributed by atoms with Crippen molar-refractivity contribution in [2.45, 2.75) is 6.04 Å². The van der Waals surface area contributed by atoms with Crippen LogP contribution in [0, 0.1) is 0 Å². The highest BCUT2D eigenvalue weighted by Gasteiger charge is 2.50. The SMILES string of the molecule is COc1ccc(NC(=O)C[N+]2=CN=C3C2C(=O)N(C)C(=O)N3C)cc1Cl. The number of nitrogens with one attached hydrogen (secondary N) is 1. The lowest BCUT2D eigenvalue weighted by molar-refractivity contribution is -0.519. The fourth-order valence-corrected chi connectivity index (χ4v) is 3.04. The highest BCUT2D eigenvalue weighted by atomic mass is 35.5. The number of nitrogens with zero attached hydrogens (tertiary/aromatic N) is 4. The Morgan fingerprint density at radius 1 is 1.35 bits per heavy atom. The van der Waals surface area contributed by atoms with Crippen LogP contribution in [0.15, 0.2) is 23.2 Å². The predicted octanol–water partition coefficient (Wildman–Crippen LogP) is 0.632.